The van der Waals surface area contributed by atoms with Crippen molar-refractivity contribution in [2.24, 2.45) is 5.73 Å². The van der Waals surface area contributed by atoms with Crippen LogP contribution in [0.2, 0.25) is 0 Å². The molecule has 2 aromatic rings. The lowest BCUT2D eigenvalue weighted by atomic mass is 9.97. The van der Waals surface area contributed by atoms with Gasteiger partial charge in [-0.2, -0.15) is 0 Å². The first-order chi connectivity index (χ1) is 10.1. The largest absolute Gasteiger partial charge is 0.486 e. The third-order valence-corrected chi connectivity index (χ3v) is 3.66. The molecule has 1 aliphatic rings. The van der Waals surface area contributed by atoms with E-state index < -0.39 is 0 Å². The van der Waals surface area contributed by atoms with Gasteiger partial charge in [0.25, 0.3) is 0 Å². The van der Waals surface area contributed by atoms with Gasteiger partial charge >= 0.3 is 0 Å². The van der Waals surface area contributed by atoms with Crippen LogP contribution in [0, 0.1) is 19.7 Å². The highest BCUT2D eigenvalue weighted by Crippen LogP contribution is 2.42. The maximum Gasteiger partial charge on any atom is 0.169 e. The van der Waals surface area contributed by atoms with Gasteiger partial charge in [-0.15, -0.1) is 0 Å². The molecule has 2 N–H and O–H groups in total. The molecule has 0 spiro atoms. The van der Waals surface area contributed by atoms with E-state index in [4.69, 9.17) is 15.2 Å². The second-order valence-corrected chi connectivity index (χ2v) is 5.39. The van der Waals surface area contributed by atoms with Crippen LogP contribution in [0.15, 0.2) is 30.3 Å². The Hall–Kier alpha value is -2.07. The first-order valence-electron chi connectivity index (χ1n) is 6.99. The fourth-order valence-corrected chi connectivity index (χ4v) is 2.61. The maximum absolute atomic E-state index is 13.9. The van der Waals surface area contributed by atoms with Crippen molar-refractivity contribution in [3.63, 3.8) is 0 Å². The summed E-state index contributed by atoms with van der Waals surface area (Å²) in [7, 11) is 0. The highest BCUT2D eigenvalue weighted by molar-refractivity contribution is 5.76. The van der Waals surface area contributed by atoms with Gasteiger partial charge in [-0.3, -0.25) is 0 Å². The maximum atomic E-state index is 13.9. The molecule has 118 valence electrons. The Bertz CT molecular complexity index is 685. The lowest BCUT2D eigenvalue weighted by molar-refractivity contribution is 0.0971. The van der Waals surface area contributed by atoms with Crippen LogP contribution in [-0.4, -0.2) is 19.3 Å². The summed E-state index contributed by atoms with van der Waals surface area (Å²) in [5, 5.41) is 0. The Balaban J connectivity index is 0.00000176. The van der Waals surface area contributed by atoms with Crippen LogP contribution in [0.25, 0.3) is 11.1 Å². The molecular weight excluding hydrogens is 281 g/mol. The number of ether oxygens (including phenoxy) is 2. The number of benzene rings is 2. The lowest BCUT2D eigenvalue weighted by Crippen LogP contribution is -2.36. The summed E-state index contributed by atoms with van der Waals surface area (Å²) in [6, 6.07) is 8.89. The minimum atomic E-state index is -0.335. The molecule has 0 bridgehead atoms. The van der Waals surface area contributed by atoms with Gasteiger partial charge in [-0.05, 0) is 31.0 Å². The number of fused-ring (bicyclic) bond motifs is 1. The molecule has 0 unspecified atom stereocenters. The summed E-state index contributed by atoms with van der Waals surface area (Å²) in [6.45, 7) is 4.74. The lowest BCUT2D eigenvalue weighted by Gasteiger charge is -2.28. The molecule has 0 aromatic heterocycles. The first kappa shape index (κ1) is 16.3. The van der Waals surface area contributed by atoms with Crippen molar-refractivity contribution in [3.8, 4) is 22.6 Å². The minimum absolute atomic E-state index is 0. The number of halogens is 1. The monoisotopic (exact) mass is 303 g/mol. The molecule has 1 heterocycles. The molecule has 4 heteroatoms. The number of aryl methyl sites for hydroxylation is 2. The third-order valence-electron chi connectivity index (χ3n) is 3.66. The molecule has 0 aliphatic carbocycles. The van der Waals surface area contributed by atoms with E-state index in [1.165, 1.54) is 17.7 Å². The van der Waals surface area contributed by atoms with E-state index >= 15 is 0 Å². The van der Waals surface area contributed by atoms with Crippen LogP contribution in [0.3, 0.4) is 0 Å². The van der Waals surface area contributed by atoms with Gasteiger partial charge in [0.05, 0.1) is 0 Å². The Morgan fingerprint density at radius 1 is 1.18 bits per heavy atom. The van der Waals surface area contributed by atoms with Crippen LogP contribution >= 0.6 is 0 Å². The van der Waals surface area contributed by atoms with E-state index in [2.05, 4.69) is 6.07 Å². The summed E-state index contributed by atoms with van der Waals surface area (Å²) in [4.78, 5) is 0. The van der Waals surface area contributed by atoms with Gasteiger partial charge < -0.3 is 15.2 Å². The molecule has 0 fully saturated rings. The molecular formula is C18H22FNO2. The van der Waals surface area contributed by atoms with Gasteiger partial charge in [-0.25, -0.2) is 4.39 Å². The minimum Gasteiger partial charge on any atom is -0.486 e. The molecule has 0 radical (unpaired) electrons. The summed E-state index contributed by atoms with van der Waals surface area (Å²) in [6.07, 6.45) is -0.201. The number of hydrogen-bond acceptors (Lipinski definition) is 3. The average Bonchev–Trinajstić information content (AvgIpc) is 2.46. The topological polar surface area (TPSA) is 44.5 Å². The average molecular weight is 303 g/mol. The van der Waals surface area contributed by atoms with Crippen LogP contribution in [0.5, 0.6) is 11.5 Å². The summed E-state index contributed by atoms with van der Waals surface area (Å²) in [5.41, 5.74) is 9.54. The first-order valence-corrected chi connectivity index (χ1v) is 6.99. The summed E-state index contributed by atoms with van der Waals surface area (Å²) < 4.78 is 25.3. The van der Waals surface area contributed by atoms with E-state index in [1.54, 1.807) is 0 Å². The van der Waals surface area contributed by atoms with Gasteiger partial charge in [0, 0.05) is 18.2 Å². The van der Waals surface area contributed by atoms with Gasteiger partial charge in [0.15, 0.2) is 11.5 Å². The smallest absolute Gasteiger partial charge is 0.169 e. The van der Waals surface area contributed by atoms with E-state index in [9.17, 15) is 4.39 Å². The molecule has 22 heavy (non-hydrogen) atoms. The van der Waals surface area contributed by atoms with E-state index in [1.807, 2.05) is 26.0 Å². The second kappa shape index (κ2) is 6.36. The highest BCUT2D eigenvalue weighted by atomic mass is 19.1. The fraction of sp³-hybridized carbons (Fsp3) is 0.333. The molecule has 3 nitrogen and oxygen atoms in total. The van der Waals surface area contributed by atoms with Crippen molar-refractivity contribution < 1.29 is 13.9 Å². The summed E-state index contributed by atoms with van der Waals surface area (Å²) in [5.74, 6) is 0.679. The van der Waals surface area contributed by atoms with Crippen molar-refractivity contribution in [2.45, 2.75) is 27.4 Å². The number of nitrogens with two attached hydrogens (primary N) is 1. The van der Waals surface area contributed by atoms with Crippen LogP contribution < -0.4 is 15.2 Å². The van der Waals surface area contributed by atoms with Crippen LogP contribution in [-0.2, 0) is 0 Å². The Labute approximate surface area is 130 Å². The van der Waals surface area contributed by atoms with E-state index in [-0.39, 0.29) is 19.3 Å². The Morgan fingerprint density at radius 2 is 1.95 bits per heavy atom. The highest BCUT2D eigenvalue weighted by Gasteiger charge is 2.25. The third kappa shape index (κ3) is 2.92. The quantitative estimate of drug-likeness (QED) is 0.916. The van der Waals surface area contributed by atoms with E-state index in [0.29, 0.717) is 30.2 Å². The molecule has 0 saturated carbocycles. The molecule has 0 amide bonds. The zero-order valence-electron chi connectivity index (χ0n) is 12.2. The standard InChI is InChI=1S/C17H18FNO2.CH4/c1-10-3-4-14(11(2)5-10)15-6-12(18)7-16-17(15)21-13(8-19)9-20-16;/h3-7,13H,8-9,19H2,1-2H3;1H4/t13-;/m0./s1. The van der Waals surface area contributed by atoms with Crippen molar-refractivity contribution in [2.75, 3.05) is 13.2 Å². The molecule has 1 aliphatic heterocycles. The number of hydrogen-bond donors (Lipinski definition) is 1. The zero-order chi connectivity index (χ0) is 15.0. The van der Waals surface area contributed by atoms with Gasteiger partial charge in [0.1, 0.15) is 18.5 Å². The predicted molar refractivity (Wildman–Crippen MR) is 87.0 cm³/mol. The molecule has 1 atom stereocenters. The normalized spacial score (nSPS) is 16.1. The SMILES string of the molecule is C.Cc1ccc(-c2cc(F)cc3c2O[C@@H](CN)CO3)c(C)c1. The van der Waals surface area contributed by atoms with Crippen molar-refractivity contribution in [1.82, 2.24) is 0 Å². The predicted octanol–water partition coefficient (Wildman–Crippen LogP) is 3.84. The van der Waals surface area contributed by atoms with Gasteiger partial charge in [0.2, 0.25) is 0 Å². The zero-order valence-corrected chi connectivity index (χ0v) is 12.2. The Kier molecular flexibility index (Phi) is 4.71. The molecule has 0 saturated heterocycles. The van der Waals surface area contributed by atoms with Crippen molar-refractivity contribution in [1.29, 1.82) is 0 Å². The molecule has 2 aromatic carbocycles. The number of rotatable bonds is 2. The summed E-state index contributed by atoms with van der Waals surface area (Å²) >= 11 is 0. The molecule has 3 rings (SSSR count). The Morgan fingerprint density at radius 3 is 2.64 bits per heavy atom. The van der Waals surface area contributed by atoms with E-state index in [0.717, 1.165) is 11.1 Å². The fourth-order valence-electron chi connectivity index (χ4n) is 2.61. The van der Waals surface area contributed by atoms with Crippen molar-refractivity contribution in [3.05, 3.63) is 47.3 Å². The van der Waals surface area contributed by atoms with Crippen molar-refractivity contribution >= 4 is 0 Å². The van der Waals surface area contributed by atoms with Crippen LogP contribution in [0.1, 0.15) is 18.6 Å². The second-order valence-electron chi connectivity index (χ2n) is 5.39. The van der Waals surface area contributed by atoms with Crippen LogP contribution in [0.4, 0.5) is 4.39 Å². The van der Waals surface area contributed by atoms with Gasteiger partial charge in [-0.1, -0.05) is 31.2 Å².